The molecule has 3 heteroatoms. The molecular weight excluding hydrogens is 659 g/mol. The Bertz CT molecular complexity index is 2780. The SMILES string of the molecule is CC1(C)c2cc(N(c3ccc(-c4ccccc4)cc3)c3ccc(-c4ccc(-c5ccccc5)cc4)cc3)ccc2Oc2c1ccc1oc3ccccc3c21. The van der Waals surface area contributed by atoms with Crippen LogP contribution in [0.3, 0.4) is 0 Å². The number of para-hydroxylation sites is 1. The van der Waals surface area contributed by atoms with Crippen molar-refractivity contribution in [3.8, 4) is 44.9 Å². The van der Waals surface area contributed by atoms with Crippen LogP contribution < -0.4 is 9.64 Å². The number of fused-ring (bicyclic) bond motifs is 6. The minimum Gasteiger partial charge on any atom is -0.456 e. The first kappa shape index (κ1) is 31.9. The number of hydrogen-bond acceptors (Lipinski definition) is 3. The average Bonchev–Trinajstić information content (AvgIpc) is 3.62. The van der Waals surface area contributed by atoms with Gasteiger partial charge in [-0.1, -0.05) is 147 Å². The van der Waals surface area contributed by atoms with Crippen molar-refractivity contribution in [3.63, 3.8) is 0 Å². The van der Waals surface area contributed by atoms with Crippen molar-refractivity contribution in [3.05, 3.63) is 199 Å². The van der Waals surface area contributed by atoms with Crippen LogP contribution in [0.1, 0.15) is 25.0 Å². The lowest BCUT2D eigenvalue weighted by Gasteiger charge is -2.36. The molecule has 0 N–H and O–H groups in total. The summed E-state index contributed by atoms with van der Waals surface area (Å²) in [7, 11) is 0. The van der Waals surface area contributed by atoms with Crippen LogP contribution in [-0.2, 0) is 5.41 Å². The van der Waals surface area contributed by atoms with E-state index >= 15 is 0 Å². The third-order valence-electron chi connectivity index (χ3n) is 11.0. The summed E-state index contributed by atoms with van der Waals surface area (Å²) in [6.07, 6.45) is 0. The van der Waals surface area contributed by atoms with Crippen LogP contribution in [0, 0.1) is 0 Å². The Kier molecular flexibility index (Phi) is 7.48. The fourth-order valence-electron chi connectivity index (χ4n) is 8.04. The van der Waals surface area contributed by atoms with Crippen LogP contribution in [0.5, 0.6) is 11.5 Å². The van der Waals surface area contributed by atoms with Gasteiger partial charge in [-0.15, -0.1) is 0 Å². The molecule has 0 aliphatic carbocycles. The number of nitrogens with zero attached hydrogens (tertiary/aromatic N) is 1. The van der Waals surface area contributed by atoms with Crippen molar-refractivity contribution in [2.75, 3.05) is 4.90 Å². The molecule has 8 aromatic carbocycles. The van der Waals surface area contributed by atoms with Gasteiger partial charge in [0.05, 0.1) is 5.39 Å². The van der Waals surface area contributed by atoms with Crippen LogP contribution in [0.4, 0.5) is 17.1 Å². The smallest absolute Gasteiger partial charge is 0.143 e. The highest BCUT2D eigenvalue weighted by Gasteiger charge is 2.37. The summed E-state index contributed by atoms with van der Waals surface area (Å²) in [6, 6.07) is 66.7. The number of rotatable bonds is 6. The summed E-state index contributed by atoms with van der Waals surface area (Å²) < 4.78 is 13.1. The Hall–Kier alpha value is -6.84. The number of ether oxygens (including phenoxy) is 1. The van der Waals surface area contributed by atoms with Gasteiger partial charge in [-0.25, -0.2) is 0 Å². The Morgan fingerprint density at radius 1 is 0.407 bits per heavy atom. The highest BCUT2D eigenvalue weighted by Crippen LogP contribution is 2.53. The molecule has 1 aliphatic heterocycles. The lowest BCUT2D eigenvalue weighted by Crippen LogP contribution is -2.25. The molecular formula is C51H37NO2. The maximum absolute atomic E-state index is 6.83. The van der Waals surface area contributed by atoms with Gasteiger partial charge in [0.25, 0.3) is 0 Å². The second-order valence-electron chi connectivity index (χ2n) is 14.6. The topological polar surface area (TPSA) is 25.6 Å². The van der Waals surface area contributed by atoms with Gasteiger partial charge in [0, 0.05) is 39.0 Å². The molecule has 1 aromatic heterocycles. The van der Waals surface area contributed by atoms with E-state index in [9.17, 15) is 0 Å². The second kappa shape index (κ2) is 12.7. The van der Waals surface area contributed by atoms with Crippen molar-refractivity contribution < 1.29 is 9.15 Å². The summed E-state index contributed by atoms with van der Waals surface area (Å²) in [6.45, 7) is 4.59. The molecule has 0 radical (unpaired) electrons. The maximum Gasteiger partial charge on any atom is 0.143 e. The normalized spacial score (nSPS) is 12.9. The molecule has 0 amide bonds. The van der Waals surface area contributed by atoms with Gasteiger partial charge in [0.15, 0.2) is 0 Å². The first-order valence-electron chi connectivity index (χ1n) is 18.5. The molecule has 2 heterocycles. The quantitative estimate of drug-likeness (QED) is 0.173. The second-order valence-corrected chi connectivity index (χ2v) is 14.6. The maximum atomic E-state index is 6.83. The molecule has 0 fully saturated rings. The number of furan rings is 1. The van der Waals surface area contributed by atoms with Gasteiger partial charge >= 0.3 is 0 Å². The van der Waals surface area contributed by atoms with Gasteiger partial charge < -0.3 is 14.1 Å². The molecule has 9 aromatic rings. The lowest BCUT2D eigenvalue weighted by atomic mass is 9.75. The van der Waals surface area contributed by atoms with Crippen molar-refractivity contribution in [1.82, 2.24) is 0 Å². The molecule has 0 bridgehead atoms. The van der Waals surface area contributed by atoms with E-state index in [1.165, 1.54) is 33.4 Å². The standard InChI is InChI=1S/C51H37NO2/c1-51(2)44-30-32-48-49(43-15-9-10-16-46(43)53-48)50(44)54-47-31-29-42(33-45(47)51)52(40-25-21-38(22-26-40)35-13-7-4-8-14-35)41-27-23-39(24-28-41)37-19-17-36(18-20-37)34-11-5-3-6-12-34/h3-33H,1-2H3. The highest BCUT2D eigenvalue weighted by atomic mass is 16.5. The van der Waals surface area contributed by atoms with E-state index < -0.39 is 0 Å². The fourth-order valence-corrected chi connectivity index (χ4v) is 8.04. The van der Waals surface area contributed by atoms with Gasteiger partial charge in [0.1, 0.15) is 22.7 Å². The van der Waals surface area contributed by atoms with Crippen LogP contribution >= 0.6 is 0 Å². The zero-order chi connectivity index (χ0) is 36.2. The summed E-state index contributed by atoms with van der Waals surface area (Å²) >= 11 is 0. The van der Waals surface area contributed by atoms with E-state index in [1.54, 1.807) is 0 Å². The van der Waals surface area contributed by atoms with E-state index in [4.69, 9.17) is 9.15 Å². The predicted octanol–water partition coefficient (Wildman–Crippen LogP) is 14.5. The monoisotopic (exact) mass is 695 g/mol. The Labute approximate surface area is 315 Å². The molecule has 3 nitrogen and oxygen atoms in total. The average molecular weight is 696 g/mol. The van der Waals surface area contributed by atoms with Crippen molar-refractivity contribution in [2.24, 2.45) is 0 Å². The third kappa shape index (κ3) is 5.36. The molecule has 0 saturated heterocycles. The zero-order valence-corrected chi connectivity index (χ0v) is 30.2. The summed E-state index contributed by atoms with van der Waals surface area (Å²) in [5.74, 6) is 1.74. The molecule has 0 saturated carbocycles. The van der Waals surface area contributed by atoms with E-state index in [-0.39, 0.29) is 5.41 Å². The molecule has 54 heavy (non-hydrogen) atoms. The molecule has 0 unspecified atom stereocenters. The van der Waals surface area contributed by atoms with E-state index in [0.717, 1.165) is 61.6 Å². The fraction of sp³-hybridized carbons (Fsp3) is 0.0588. The lowest BCUT2D eigenvalue weighted by molar-refractivity contribution is 0.423. The number of anilines is 3. The molecule has 258 valence electrons. The first-order valence-corrected chi connectivity index (χ1v) is 18.5. The Morgan fingerprint density at radius 3 is 1.46 bits per heavy atom. The van der Waals surface area contributed by atoms with Gasteiger partial charge in [-0.2, -0.15) is 0 Å². The molecule has 10 rings (SSSR count). The summed E-state index contributed by atoms with van der Waals surface area (Å²) in [5.41, 5.74) is 14.1. The van der Waals surface area contributed by atoms with Crippen LogP contribution in [0.2, 0.25) is 0 Å². The number of benzene rings is 8. The van der Waals surface area contributed by atoms with Gasteiger partial charge in [-0.05, 0) is 88.0 Å². The first-order chi connectivity index (χ1) is 26.5. The van der Waals surface area contributed by atoms with Gasteiger partial charge in [-0.3, -0.25) is 0 Å². The van der Waals surface area contributed by atoms with Crippen molar-refractivity contribution in [2.45, 2.75) is 19.3 Å². The highest BCUT2D eigenvalue weighted by molar-refractivity contribution is 6.09. The van der Waals surface area contributed by atoms with E-state index in [1.807, 2.05) is 12.1 Å². The van der Waals surface area contributed by atoms with Crippen molar-refractivity contribution >= 4 is 39.0 Å². The Morgan fingerprint density at radius 2 is 0.889 bits per heavy atom. The molecule has 0 spiro atoms. The predicted molar refractivity (Wildman–Crippen MR) is 223 cm³/mol. The Balaban J connectivity index is 1.05. The summed E-state index contributed by atoms with van der Waals surface area (Å²) in [5, 5.41) is 2.10. The van der Waals surface area contributed by atoms with Crippen molar-refractivity contribution in [1.29, 1.82) is 0 Å². The minimum atomic E-state index is -0.329. The molecule has 1 aliphatic rings. The van der Waals surface area contributed by atoms with Gasteiger partial charge in [0.2, 0.25) is 0 Å². The van der Waals surface area contributed by atoms with E-state index in [0.29, 0.717) is 0 Å². The number of hydrogen-bond donors (Lipinski definition) is 0. The molecule has 0 atom stereocenters. The summed E-state index contributed by atoms with van der Waals surface area (Å²) in [4.78, 5) is 2.34. The minimum absolute atomic E-state index is 0.329. The zero-order valence-electron chi connectivity index (χ0n) is 30.2. The van der Waals surface area contributed by atoms with Crippen LogP contribution in [0.15, 0.2) is 192 Å². The van der Waals surface area contributed by atoms with Crippen LogP contribution in [0.25, 0.3) is 55.3 Å². The third-order valence-corrected chi connectivity index (χ3v) is 11.0. The van der Waals surface area contributed by atoms with E-state index in [2.05, 4.69) is 195 Å². The van der Waals surface area contributed by atoms with Crippen LogP contribution in [-0.4, -0.2) is 0 Å². The largest absolute Gasteiger partial charge is 0.456 e.